The van der Waals surface area contributed by atoms with E-state index in [1.807, 2.05) is 18.7 Å². The molecule has 1 rings (SSSR count). The molecule has 0 aromatic heterocycles. The Bertz CT molecular complexity index is 352. The van der Waals surface area contributed by atoms with Crippen LogP contribution < -0.4 is 10.6 Å². The second-order valence-corrected chi connectivity index (χ2v) is 7.01. The van der Waals surface area contributed by atoms with Crippen molar-refractivity contribution < 1.29 is 14.7 Å². The summed E-state index contributed by atoms with van der Waals surface area (Å²) in [5, 5.41) is 15.0. The SMILES string of the molecule is CSCCCCCNC(=O)NC1(C(=O)O)CCCC(C)C1. The first-order valence-corrected chi connectivity index (χ1v) is 9.18. The van der Waals surface area contributed by atoms with Gasteiger partial charge in [-0.1, -0.05) is 26.2 Å². The molecule has 6 heteroatoms. The van der Waals surface area contributed by atoms with Gasteiger partial charge in [0.1, 0.15) is 5.54 Å². The number of amides is 2. The Hall–Kier alpha value is -0.910. The summed E-state index contributed by atoms with van der Waals surface area (Å²) in [6.45, 7) is 2.65. The summed E-state index contributed by atoms with van der Waals surface area (Å²) in [5.41, 5.74) is -1.08. The number of thioether (sulfide) groups is 1. The van der Waals surface area contributed by atoms with Gasteiger partial charge in [-0.25, -0.2) is 9.59 Å². The summed E-state index contributed by atoms with van der Waals surface area (Å²) in [4.78, 5) is 23.5. The predicted molar refractivity (Wildman–Crippen MR) is 86.8 cm³/mol. The van der Waals surface area contributed by atoms with E-state index in [-0.39, 0.29) is 6.03 Å². The molecule has 0 radical (unpaired) electrons. The second kappa shape index (κ2) is 9.18. The molecule has 1 saturated carbocycles. The van der Waals surface area contributed by atoms with Gasteiger partial charge in [-0.2, -0.15) is 11.8 Å². The third kappa shape index (κ3) is 6.16. The molecule has 0 aliphatic heterocycles. The molecular formula is C15H28N2O3S. The largest absolute Gasteiger partial charge is 0.480 e. The van der Waals surface area contributed by atoms with Crippen LogP contribution in [0.1, 0.15) is 51.9 Å². The standard InChI is InChI=1S/C15H28N2O3S/c1-12-7-6-8-15(11-12,13(18)19)17-14(20)16-9-4-3-5-10-21-2/h12H,3-11H2,1-2H3,(H,18,19)(H2,16,17,20). The highest BCUT2D eigenvalue weighted by Crippen LogP contribution is 2.32. The van der Waals surface area contributed by atoms with Crippen molar-refractivity contribution in [3.63, 3.8) is 0 Å². The molecule has 1 aliphatic carbocycles. The van der Waals surface area contributed by atoms with E-state index in [2.05, 4.69) is 16.9 Å². The monoisotopic (exact) mass is 316 g/mol. The Morgan fingerprint density at radius 3 is 2.71 bits per heavy atom. The van der Waals surface area contributed by atoms with Crippen molar-refractivity contribution in [2.24, 2.45) is 5.92 Å². The van der Waals surface area contributed by atoms with E-state index in [0.717, 1.165) is 37.9 Å². The van der Waals surface area contributed by atoms with Gasteiger partial charge in [-0.05, 0) is 43.6 Å². The predicted octanol–water partition coefficient (Wildman–Crippen LogP) is 2.85. The molecular weight excluding hydrogens is 288 g/mol. The molecule has 5 nitrogen and oxygen atoms in total. The van der Waals surface area contributed by atoms with Crippen LogP contribution in [0.3, 0.4) is 0 Å². The van der Waals surface area contributed by atoms with Crippen molar-refractivity contribution >= 4 is 23.8 Å². The van der Waals surface area contributed by atoms with E-state index in [1.165, 1.54) is 0 Å². The lowest BCUT2D eigenvalue weighted by molar-refractivity contribution is -0.146. The smallest absolute Gasteiger partial charge is 0.329 e. The number of carboxylic acids is 1. The minimum absolute atomic E-state index is 0.335. The maximum Gasteiger partial charge on any atom is 0.329 e. The molecule has 0 aromatic rings. The first-order chi connectivity index (χ1) is 10.00. The number of hydrogen-bond acceptors (Lipinski definition) is 3. The molecule has 2 amide bonds. The molecule has 0 saturated heterocycles. The zero-order chi connectivity index (χ0) is 15.7. The molecule has 0 spiro atoms. The van der Waals surface area contributed by atoms with E-state index < -0.39 is 11.5 Å². The van der Waals surface area contributed by atoms with E-state index in [9.17, 15) is 14.7 Å². The fourth-order valence-corrected chi connectivity index (χ4v) is 3.42. The second-order valence-electron chi connectivity index (χ2n) is 6.02. The van der Waals surface area contributed by atoms with Gasteiger partial charge in [-0.3, -0.25) is 0 Å². The Kier molecular flexibility index (Phi) is 7.93. The van der Waals surface area contributed by atoms with Crippen molar-refractivity contribution in [1.29, 1.82) is 0 Å². The average Bonchev–Trinajstić information content (AvgIpc) is 2.42. The van der Waals surface area contributed by atoms with Crippen molar-refractivity contribution in [2.75, 3.05) is 18.6 Å². The molecule has 2 unspecified atom stereocenters. The number of hydrogen-bond donors (Lipinski definition) is 3. The average molecular weight is 316 g/mol. The number of carbonyl (C=O) groups excluding carboxylic acids is 1. The fraction of sp³-hybridized carbons (Fsp3) is 0.867. The van der Waals surface area contributed by atoms with Gasteiger partial charge in [0.15, 0.2) is 0 Å². The van der Waals surface area contributed by atoms with E-state index >= 15 is 0 Å². The molecule has 122 valence electrons. The van der Waals surface area contributed by atoms with E-state index in [0.29, 0.717) is 25.3 Å². The molecule has 0 heterocycles. The first-order valence-electron chi connectivity index (χ1n) is 7.78. The number of carboxylic acid groups (broad SMARTS) is 1. The van der Waals surface area contributed by atoms with Crippen LogP contribution in [0.15, 0.2) is 0 Å². The maximum atomic E-state index is 11.9. The summed E-state index contributed by atoms with van der Waals surface area (Å²) in [6, 6.07) is -0.351. The van der Waals surface area contributed by atoms with Gasteiger partial charge in [0.25, 0.3) is 0 Å². The molecule has 1 fully saturated rings. The molecule has 2 atom stereocenters. The third-order valence-corrected chi connectivity index (χ3v) is 4.77. The van der Waals surface area contributed by atoms with Crippen LogP contribution in [0.2, 0.25) is 0 Å². The zero-order valence-electron chi connectivity index (χ0n) is 13.1. The highest BCUT2D eigenvalue weighted by molar-refractivity contribution is 7.98. The van der Waals surface area contributed by atoms with Crippen LogP contribution in [-0.4, -0.2) is 41.2 Å². The number of unbranched alkanes of at least 4 members (excludes halogenated alkanes) is 2. The minimum Gasteiger partial charge on any atom is -0.480 e. The van der Waals surface area contributed by atoms with Crippen LogP contribution >= 0.6 is 11.8 Å². The number of aliphatic carboxylic acids is 1. The topological polar surface area (TPSA) is 78.4 Å². The molecule has 0 aromatic carbocycles. The summed E-state index contributed by atoms with van der Waals surface area (Å²) in [6.07, 6.45) is 8.18. The van der Waals surface area contributed by atoms with Crippen LogP contribution in [-0.2, 0) is 4.79 Å². The number of nitrogens with one attached hydrogen (secondary N) is 2. The van der Waals surface area contributed by atoms with Gasteiger partial charge >= 0.3 is 12.0 Å². The Labute approximate surface area is 131 Å². The van der Waals surface area contributed by atoms with E-state index in [4.69, 9.17) is 0 Å². The van der Waals surface area contributed by atoms with Crippen molar-refractivity contribution in [3.8, 4) is 0 Å². The van der Waals surface area contributed by atoms with Crippen LogP contribution in [0.5, 0.6) is 0 Å². The highest BCUT2D eigenvalue weighted by Gasteiger charge is 2.43. The lowest BCUT2D eigenvalue weighted by Crippen LogP contribution is -2.59. The summed E-state index contributed by atoms with van der Waals surface area (Å²) in [7, 11) is 0. The van der Waals surface area contributed by atoms with Crippen molar-refractivity contribution in [2.45, 2.75) is 57.4 Å². The fourth-order valence-electron chi connectivity index (χ4n) is 2.92. The Morgan fingerprint density at radius 2 is 2.10 bits per heavy atom. The molecule has 0 bridgehead atoms. The maximum absolute atomic E-state index is 11.9. The zero-order valence-corrected chi connectivity index (χ0v) is 13.9. The van der Waals surface area contributed by atoms with Gasteiger partial charge in [0, 0.05) is 6.54 Å². The quantitative estimate of drug-likeness (QED) is 0.602. The molecule has 3 N–H and O–H groups in total. The van der Waals surface area contributed by atoms with Gasteiger partial charge in [0.05, 0.1) is 0 Å². The van der Waals surface area contributed by atoms with Crippen molar-refractivity contribution in [3.05, 3.63) is 0 Å². The summed E-state index contributed by atoms with van der Waals surface area (Å²) in [5.74, 6) is 0.567. The van der Waals surface area contributed by atoms with Crippen LogP contribution in [0.25, 0.3) is 0 Å². The van der Waals surface area contributed by atoms with Gasteiger partial charge in [-0.15, -0.1) is 0 Å². The Balaban J connectivity index is 2.34. The lowest BCUT2D eigenvalue weighted by Gasteiger charge is -2.37. The van der Waals surface area contributed by atoms with Crippen LogP contribution in [0.4, 0.5) is 4.79 Å². The Morgan fingerprint density at radius 1 is 1.33 bits per heavy atom. The van der Waals surface area contributed by atoms with Crippen molar-refractivity contribution in [1.82, 2.24) is 10.6 Å². The number of carbonyl (C=O) groups is 2. The normalized spacial score (nSPS) is 25.3. The summed E-state index contributed by atoms with van der Waals surface area (Å²) < 4.78 is 0. The van der Waals surface area contributed by atoms with Gasteiger partial charge in [0.2, 0.25) is 0 Å². The highest BCUT2D eigenvalue weighted by atomic mass is 32.2. The van der Waals surface area contributed by atoms with Gasteiger partial charge < -0.3 is 15.7 Å². The third-order valence-electron chi connectivity index (χ3n) is 4.07. The first kappa shape index (κ1) is 18.1. The van der Waals surface area contributed by atoms with Crippen LogP contribution in [0, 0.1) is 5.92 Å². The summed E-state index contributed by atoms with van der Waals surface area (Å²) >= 11 is 1.83. The minimum atomic E-state index is -1.08. The van der Waals surface area contributed by atoms with E-state index in [1.54, 1.807) is 0 Å². The number of rotatable bonds is 8. The lowest BCUT2D eigenvalue weighted by atomic mass is 9.76. The molecule has 21 heavy (non-hydrogen) atoms. The number of urea groups is 1. The molecule has 1 aliphatic rings.